The average molecular weight is 442 g/mol. The number of alkyl halides is 3. The van der Waals surface area contributed by atoms with Crippen molar-refractivity contribution in [2.24, 2.45) is 10.7 Å². The van der Waals surface area contributed by atoms with Gasteiger partial charge in [-0.2, -0.15) is 13.2 Å². The lowest BCUT2D eigenvalue weighted by atomic mass is 10.00. The van der Waals surface area contributed by atoms with Crippen LogP contribution in [0.4, 0.5) is 24.5 Å². The predicted molar refractivity (Wildman–Crippen MR) is 111 cm³/mol. The summed E-state index contributed by atoms with van der Waals surface area (Å²) in [6.07, 6.45) is 0.430. The van der Waals surface area contributed by atoms with E-state index in [1.54, 1.807) is 0 Å². The molecule has 2 aromatic rings. The molecule has 0 amide bonds. The quantitative estimate of drug-likeness (QED) is 0.642. The van der Waals surface area contributed by atoms with E-state index in [2.05, 4.69) is 4.99 Å². The van der Waals surface area contributed by atoms with Crippen molar-refractivity contribution in [2.75, 3.05) is 11.0 Å². The zero-order valence-electron chi connectivity index (χ0n) is 16.3. The number of hydrogen-bond donors (Lipinski definition) is 2. The van der Waals surface area contributed by atoms with E-state index >= 15 is 0 Å². The largest absolute Gasteiger partial charge is 0.417 e. The second-order valence-corrected chi connectivity index (χ2v) is 8.18. The van der Waals surface area contributed by atoms with Crippen LogP contribution in [0.2, 0.25) is 0 Å². The molecule has 162 valence electrons. The number of nitrogens with two attached hydrogens (primary N) is 1. The van der Waals surface area contributed by atoms with Crippen molar-refractivity contribution >= 4 is 33.2 Å². The highest BCUT2D eigenvalue weighted by molar-refractivity contribution is 7.92. The summed E-state index contributed by atoms with van der Waals surface area (Å²) in [5, 5.41) is 0. The zero-order chi connectivity index (χ0) is 22.5. The molecular weight excluding hydrogens is 421 g/mol. The molecule has 1 aromatic heterocycles. The molecule has 0 saturated carbocycles. The van der Waals surface area contributed by atoms with Crippen molar-refractivity contribution in [1.82, 2.24) is 4.57 Å². The van der Waals surface area contributed by atoms with E-state index < -0.39 is 21.8 Å². The number of halogens is 3. The van der Waals surface area contributed by atoms with Crippen molar-refractivity contribution < 1.29 is 21.6 Å². The van der Waals surface area contributed by atoms with Gasteiger partial charge in [-0.15, -0.1) is 0 Å². The van der Waals surface area contributed by atoms with Crippen molar-refractivity contribution in [3.05, 3.63) is 64.2 Å². The third kappa shape index (κ3) is 6.21. The normalized spacial score (nSPS) is 13.0. The third-order valence-corrected chi connectivity index (χ3v) is 4.51. The van der Waals surface area contributed by atoms with Crippen LogP contribution >= 0.6 is 0 Å². The van der Waals surface area contributed by atoms with Gasteiger partial charge in [-0.1, -0.05) is 13.0 Å². The summed E-state index contributed by atoms with van der Waals surface area (Å²) in [6, 6.07) is 5.77. The molecule has 30 heavy (non-hydrogen) atoms. The lowest BCUT2D eigenvalue weighted by Crippen LogP contribution is -2.17. The van der Waals surface area contributed by atoms with Gasteiger partial charge in [-0.3, -0.25) is 14.5 Å². The van der Waals surface area contributed by atoms with Crippen LogP contribution in [-0.4, -0.2) is 25.5 Å². The Bertz CT molecular complexity index is 1140. The first kappa shape index (κ1) is 23.2. The molecule has 0 saturated heterocycles. The first-order valence-electron chi connectivity index (χ1n) is 8.80. The fourth-order valence-electron chi connectivity index (χ4n) is 2.67. The van der Waals surface area contributed by atoms with Gasteiger partial charge in [0.05, 0.1) is 17.5 Å². The Hall–Kier alpha value is -3.08. The highest BCUT2D eigenvalue weighted by Gasteiger charge is 2.34. The summed E-state index contributed by atoms with van der Waals surface area (Å²) >= 11 is 0. The summed E-state index contributed by atoms with van der Waals surface area (Å²) < 4.78 is 66.8. The first-order valence-corrected chi connectivity index (χ1v) is 10.7. The fraction of sp³-hybridized carbons (Fsp3) is 0.263. The first-order chi connectivity index (χ1) is 13.9. The van der Waals surface area contributed by atoms with E-state index in [4.69, 9.17) is 5.73 Å². The number of aliphatic imine (C=N–C) groups is 1. The lowest BCUT2D eigenvalue weighted by Gasteiger charge is -2.15. The Labute approximate surface area is 171 Å². The lowest BCUT2D eigenvalue weighted by molar-refractivity contribution is -0.137. The molecule has 0 bridgehead atoms. The van der Waals surface area contributed by atoms with Gasteiger partial charge >= 0.3 is 6.18 Å². The molecular formula is C19H21F3N4O3S. The molecule has 1 aromatic carbocycles. The van der Waals surface area contributed by atoms with Gasteiger partial charge < -0.3 is 10.3 Å². The summed E-state index contributed by atoms with van der Waals surface area (Å²) in [7, 11) is -3.75. The van der Waals surface area contributed by atoms with E-state index in [0.29, 0.717) is 18.3 Å². The summed E-state index contributed by atoms with van der Waals surface area (Å²) in [5.74, 6) is 0. The molecule has 3 N–H and O–H groups in total. The Kier molecular flexibility index (Phi) is 7.08. The predicted octanol–water partition coefficient (Wildman–Crippen LogP) is 3.35. The van der Waals surface area contributed by atoms with Crippen LogP contribution < -0.4 is 16.0 Å². The van der Waals surface area contributed by atoms with Crippen molar-refractivity contribution in [2.45, 2.75) is 26.1 Å². The molecule has 7 nitrogen and oxygen atoms in total. The number of nitrogens with zero attached hydrogens (tertiary/aromatic N) is 2. The van der Waals surface area contributed by atoms with Crippen molar-refractivity contribution in [3.8, 4) is 0 Å². The molecule has 11 heteroatoms. The molecule has 0 radical (unpaired) electrons. The summed E-state index contributed by atoms with van der Waals surface area (Å²) in [4.78, 5) is 15.9. The van der Waals surface area contributed by atoms with Gasteiger partial charge in [0.2, 0.25) is 10.0 Å². The van der Waals surface area contributed by atoms with Gasteiger partial charge in [-0.05, 0) is 30.2 Å². The van der Waals surface area contributed by atoms with E-state index in [1.165, 1.54) is 29.0 Å². The minimum absolute atomic E-state index is 0.0264. The molecule has 0 unspecified atom stereocenters. The topological polar surface area (TPSA) is 107 Å². The van der Waals surface area contributed by atoms with E-state index in [1.807, 2.05) is 11.6 Å². The highest BCUT2D eigenvalue weighted by atomic mass is 32.2. The van der Waals surface area contributed by atoms with Gasteiger partial charge in [0, 0.05) is 42.5 Å². The van der Waals surface area contributed by atoms with Gasteiger partial charge in [0.1, 0.15) is 0 Å². The van der Waals surface area contributed by atoms with Crippen LogP contribution in [0.5, 0.6) is 0 Å². The van der Waals surface area contributed by atoms with E-state index in [0.717, 1.165) is 31.2 Å². The maximum absolute atomic E-state index is 13.6. The molecule has 0 aliphatic heterocycles. The number of aromatic nitrogens is 1. The third-order valence-electron chi connectivity index (χ3n) is 3.90. The number of aryl methyl sites for hydroxylation is 1. The Balaban J connectivity index is 2.46. The molecule has 0 fully saturated rings. The number of allylic oxidation sites excluding steroid dienone is 1. The summed E-state index contributed by atoms with van der Waals surface area (Å²) in [5.41, 5.74) is 4.10. The minimum Gasteiger partial charge on any atom is -0.404 e. The fourth-order valence-corrected chi connectivity index (χ4v) is 3.22. The van der Waals surface area contributed by atoms with Crippen LogP contribution in [0, 0.1) is 0 Å². The van der Waals surface area contributed by atoms with Gasteiger partial charge in [-0.25, -0.2) is 8.42 Å². The van der Waals surface area contributed by atoms with Crippen LogP contribution in [0.3, 0.4) is 0 Å². The minimum atomic E-state index is -4.76. The van der Waals surface area contributed by atoms with E-state index in [9.17, 15) is 26.4 Å². The maximum Gasteiger partial charge on any atom is 0.417 e. The smallest absolute Gasteiger partial charge is 0.404 e. The van der Waals surface area contributed by atoms with Crippen molar-refractivity contribution in [1.29, 1.82) is 0 Å². The number of pyridine rings is 1. The van der Waals surface area contributed by atoms with Gasteiger partial charge in [0.15, 0.2) is 0 Å². The SMILES string of the molecule is CCCn1cc(N=CC(=CN)c2ccc(NS(C)(=O)=O)cc2C(F)(F)F)ccc1=O. The standard InChI is InChI=1S/C19H21F3N4O3S/c1-3-8-26-12-15(5-7-18(26)27)24-11-13(10-23)16-6-4-14(25-30(2,28)29)9-17(16)19(20,21)22/h4-7,9-12,25H,3,8,23H2,1-2H3. The molecule has 0 aliphatic carbocycles. The zero-order valence-corrected chi connectivity index (χ0v) is 17.1. The van der Waals surface area contributed by atoms with Crippen LogP contribution in [0.15, 0.2) is 52.5 Å². The Morgan fingerprint density at radius 1 is 1.27 bits per heavy atom. The molecule has 0 aliphatic rings. The van der Waals surface area contributed by atoms with Gasteiger partial charge in [0.25, 0.3) is 5.56 Å². The maximum atomic E-state index is 13.6. The molecule has 1 heterocycles. The van der Waals surface area contributed by atoms with Crippen LogP contribution in [-0.2, 0) is 22.7 Å². The number of hydrogen-bond acceptors (Lipinski definition) is 5. The Morgan fingerprint density at radius 3 is 2.53 bits per heavy atom. The second kappa shape index (κ2) is 9.16. The monoisotopic (exact) mass is 442 g/mol. The summed E-state index contributed by atoms with van der Waals surface area (Å²) in [6.45, 7) is 2.38. The molecule has 0 atom stereocenters. The number of anilines is 1. The van der Waals surface area contributed by atoms with E-state index in [-0.39, 0.29) is 22.4 Å². The second-order valence-electron chi connectivity index (χ2n) is 6.43. The molecule has 2 rings (SSSR count). The average Bonchev–Trinajstić information content (AvgIpc) is 2.63. The number of benzene rings is 1. The van der Waals surface area contributed by atoms with Crippen LogP contribution in [0.1, 0.15) is 24.5 Å². The van der Waals surface area contributed by atoms with Crippen LogP contribution in [0.25, 0.3) is 5.57 Å². The number of rotatable bonds is 7. The Morgan fingerprint density at radius 2 is 1.97 bits per heavy atom. The molecule has 0 spiro atoms. The highest BCUT2D eigenvalue weighted by Crippen LogP contribution is 2.36. The number of sulfonamides is 1. The van der Waals surface area contributed by atoms with Crippen molar-refractivity contribution in [3.63, 3.8) is 0 Å². The number of nitrogens with one attached hydrogen (secondary N) is 1.